The highest BCUT2D eigenvalue weighted by molar-refractivity contribution is 6.04. The van der Waals surface area contributed by atoms with Crippen molar-refractivity contribution in [2.45, 2.75) is 13.3 Å². The minimum Gasteiger partial charge on any atom is -0.338 e. The van der Waals surface area contributed by atoms with E-state index in [0.717, 1.165) is 0 Å². The molecule has 0 aromatic carbocycles. The lowest BCUT2D eigenvalue weighted by Gasteiger charge is -2.14. The molecule has 0 saturated carbocycles. The highest BCUT2D eigenvalue weighted by atomic mass is 19.1. The van der Waals surface area contributed by atoms with Gasteiger partial charge < -0.3 is 9.30 Å². The maximum absolute atomic E-state index is 13.2. The number of aromatic nitrogens is 1. The molecule has 100 valence electrons. The van der Waals surface area contributed by atoms with E-state index in [1.807, 2.05) is 0 Å². The van der Waals surface area contributed by atoms with Crippen LogP contribution in [-0.4, -0.2) is 34.6 Å². The van der Waals surface area contributed by atoms with Crippen molar-refractivity contribution in [2.75, 3.05) is 13.6 Å². The van der Waals surface area contributed by atoms with Crippen molar-refractivity contribution < 1.29 is 14.0 Å². The number of amides is 1. The van der Waals surface area contributed by atoms with Crippen LogP contribution in [-0.2, 0) is 4.79 Å². The van der Waals surface area contributed by atoms with E-state index in [-0.39, 0.29) is 18.2 Å². The minimum atomic E-state index is -0.391. The molecule has 0 aliphatic heterocycles. The van der Waals surface area contributed by atoms with Gasteiger partial charge in [-0.15, -0.1) is 0 Å². The van der Waals surface area contributed by atoms with Gasteiger partial charge in [0.2, 0.25) is 5.91 Å². The van der Waals surface area contributed by atoms with E-state index in [1.54, 1.807) is 36.8 Å². The van der Waals surface area contributed by atoms with E-state index < -0.39 is 5.82 Å². The first-order valence-corrected chi connectivity index (χ1v) is 6.06. The molecule has 0 fully saturated rings. The first kappa shape index (κ1) is 13.3. The average molecular weight is 262 g/mol. The van der Waals surface area contributed by atoms with Crippen molar-refractivity contribution in [3.05, 3.63) is 42.0 Å². The Kier molecular flexibility index (Phi) is 3.64. The normalized spacial score (nSPS) is 10.7. The van der Waals surface area contributed by atoms with Crippen LogP contribution in [0.4, 0.5) is 4.39 Å². The summed E-state index contributed by atoms with van der Waals surface area (Å²) in [6, 6.07) is 4.28. The zero-order chi connectivity index (χ0) is 14.0. The lowest BCUT2D eigenvalue weighted by atomic mass is 10.1. The second kappa shape index (κ2) is 5.22. The maximum atomic E-state index is 13.2. The molecule has 0 aliphatic rings. The third-order valence-corrected chi connectivity index (χ3v) is 3.03. The molecule has 0 unspecified atom stereocenters. The number of hydrogen-bond donors (Lipinski definition) is 0. The van der Waals surface area contributed by atoms with Gasteiger partial charge >= 0.3 is 0 Å². The first-order chi connectivity index (χ1) is 9.02. The average Bonchev–Trinajstić information content (AvgIpc) is 2.80. The summed E-state index contributed by atoms with van der Waals surface area (Å²) in [5.74, 6) is -0.682. The Labute approximate surface area is 110 Å². The Morgan fingerprint density at radius 1 is 1.32 bits per heavy atom. The summed E-state index contributed by atoms with van der Waals surface area (Å²) in [7, 11) is 1.59. The molecular weight excluding hydrogens is 247 g/mol. The summed E-state index contributed by atoms with van der Waals surface area (Å²) in [5, 5.41) is 0. The molecule has 2 aromatic rings. The van der Waals surface area contributed by atoms with Crippen molar-refractivity contribution in [1.82, 2.24) is 9.30 Å². The Hall–Kier alpha value is -2.17. The molecule has 0 radical (unpaired) electrons. The van der Waals surface area contributed by atoms with Crippen LogP contribution < -0.4 is 0 Å². The van der Waals surface area contributed by atoms with Gasteiger partial charge in [0.25, 0.3) is 0 Å². The number of likely N-dealkylation sites (N-methyl/N-ethyl adjacent to an activating group) is 1. The molecule has 0 N–H and O–H groups in total. The highest BCUT2D eigenvalue weighted by Gasteiger charge is 2.16. The lowest BCUT2D eigenvalue weighted by molar-refractivity contribution is -0.129. The molecular formula is C14H15FN2O2. The van der Waals surface area contributed by atoms with Gasteiger partial charge in [0.05, 0.1) is 12.1 Å². The van der Waals surface area contributed by atoms with Gasteiger partial charge in [-0.1, -0.05) is 6.92 Å². The van der Waals surface area contributed by atoms with Gasteiger partial charge in [-0.25, -0.2) is 4.39 Å². The van der Waals surface area contributed by atoms with Crippen LogP contribution >= 0.6 is 0 Å². The number of carbonyl (C=O) groups is 2. The highest BCUT2D eigenvalue weighted by Crippen LogP contribution is 2.15. The van der Waals surface area contributed by atoms with Crippen LogP contribution in [0, 0.1) is 5.82 Å². The number of ketones is 1. The molecule has 0 bridgehead atoms. The van der Waals surface area contributed by atoms with Crippen LogP contribution in [0.2, 0.25) is 0 Å². The molecule has 0 spiro atoms. The Balaban J connectivity index is 2.27. The second-order valence-corrected chi connectivity index (χ2v) is 4.39. The van der Waals surface area contributed by atoms with E-state index in [9.17, 15) is 14.0 Å². The number of rotatable bonds is 4. The second-order valence-electron chi connectivity index (χ2n) is 4.39. The largest absolute Gasteiger partial charge is 0.338 e. The third-order valence-electron chi connectivity index (χ3n) is 3.03. The molecule has 0 atom stereocenters. The van der Waals surface area contributed by atoms with Crippen molar-refractivity contribution in [1.29, 1.82) is 0 Å². The molecule has 2 heterocycles. The van der Waals surface area contributed by atoms with Crippen LogP contribution in [0.3, 0.4) is 0 Å². The van der Waals surface area contributed by atoms with E-state index in [4.69, 9.17) is 0 Å². The number of nitrogens with zero attached hydrogens (tertiary/aromatic N) is 2. The quantitative estimate of drug-likeness (QED) is 0.792. The molecule has 4 nitrogen and oxygen atoms in total. The summed E-state index contributed by atoms with van der Waals surface area (Å²) in [4.78, 5) is 25.0. The summed E-state index contributed by atoms with van der Waals surface area (Å²) in [6.07, 6.45) is 3.61. The predicted molar refractivity (Wildman–Crippen MR) is 69.6 cm³/mol. The number of Topliss-reactive ketones (excluding diaryl/α,β-unsaturated/α-hetero) is 1. The fourth-order valence-corrected chi connectivity index (χ4v) is 1.97. The zero-order valence-corrected chi connectivity index (χ0v) is 10.9. The topological polar surface area (TPSA) is 41.8 Å². The summed E-state index contributed by atoms with van der Waals surface area (Å²) in [5.41, 5.74) is 0.942. The SMILES string of the molecule is CCC(=O)N(C)CC(=O)c1ccn2ccc(F)cc12. The van der Waals surface area contributed by atoms with E-state index in [1.165, 1.54) is 17.0 Å². The molecule has 0 aliphatic carbocycles. The number of carbonyl (C=O) groups excluding carboxylic acids is 2. The van der Waals surface area contributed by atoms with Crippen LogP contribution in [0.1, 0.15) is 23.7 Å². The van der Waals surface area contributed by atoms with Crippen molar-refractivity contribution in [3.8, 4) is 0 Å². The lowest BCUT2D eigenvalue weighted by Crippen LogP contribution is -2.31. The van der Waals surface area contributed by atoms with E-state index in [2.05, 4.69) is 0 Å². The number of halogens is 1. The third kappa shape index (κ3) is 2.65. The van der Waals surface area contributed by atoms with Crippen LogP contribution in [0.25, 0.3) is 5.52 Å². The summed E-state index contributed by atoms with van der Waals surface area (Å²) < 4.78 is 14.9. The zero-order valence-electron chi connectivity index (χ0n) is 10.9. The number of pyridine rings is 1. The fourth-order valence-electron chi connectivity index (χ4n) is 1.97. The molecule has 5 heteroatoms. The molecule has 2 rings (SSSR count). The molecule has 2 aromatic heterocycles. The monoisotopic (exact) mass is 262 g/mol. The van der Waals surface area contributed by atoms with Crippen LogP contribution in [0.5, 0.6) is 0 Å². The van der Waals surface area contributed by atoms with Gasteiger partial charge in [0.15, 0.2) is 5.78 Å². The van der Waals surface area contributed by atoms with Crippen LogP contribution in [0.15, 0.2) is 30.6 Å². The molecule has 0 saturated heterocycles. The standard InChI is InChI=1S/C14H15FN2O2/c1-3-14(19)16(2)9-13(18)11-5-7-17-6-4-10(15)8-12(11)17/h4-8H,3,9H2,1-2H3. The van der Waals surface area contributed by atoms with E-state index in [0.29, 0.717) is 17.5 Å². The Bertz CT molecular complexity index is 633. The predicted octanol–water partition coefficient (Wildman–Crippen LogP) is 2.13. The van der Waals surface area contributed by atoms with E-state index >= 15 is 0 Å². The molecule has 1 amide bonds. The molecule has 19 heavy (non-hydrogen) atoms. The van der Waals surface area contributed by atoms with Gasteiger partial charge in [-0.05, 0) is 18.2 Å². The summed E-state index contributed by atoms with van der Waals surface area (Å²) in [6.45, 7) is 1.75. The Morgan fingerprint density at radius 2 is 2.00 bits per heavy atom. The fraction of sp³-hybridized carbons (Fsp3) is 0.286. The first-order valence-electron chi connectivity index (χ1n) is 6.06. The summed E-state index contributed by atoms with van der Waals surface area (Å²) >= 11 is 0. The van der Waals surface area contributed by atoms with Gasteiger partial charge in [0, 0.05) is 31.4 Å². The van der Waals surface area contributed by atoms with Gasteiger partial charge in [-0.3, -0.25) is 9.59 Å². The number of hydrogen-bond acceptors (Lipinski definition) is 2. The van der Waals surface area contributed by atoms with Gasteiger partial charge in [-0.2, -0.15) is 0 Å². The smallest absolute Gasteiger partial charge is 0.222 e. The van der Waals surface area contributed by atoms with Crippen molar-refractivity contribution in [3.63, 3.8) is 0 Å². The van der Waals surface area contributed by atoms with Gasteiger partial charge in [0.1, 0.15) is 5.82 Å². The van der Waals surface area contributed by atoms with Crippen molar-refractivity contribution in [2.24, 2.45) is 0 Å². The maximum Gasteiger partial charge on any atom is 0.222 e. The minimum absolute atomic E-state index is 0.00284. The van der Waals surface area contributed by atoms with Crippen molar-refractivity contribution >= 4 is 17.2 Å². The Morgan fingerprint density at radius 3 is 2.68 bits per heavy atom. The number of fused-ring (bicyclic) bond motifs is 1.